The van der Waals surface area contributed by atoms with Gasteiger partial charge in [0.1, 0.15) is 10.6 Å². The third kappa shape index (κ3) is 4.29. The van der Waals surface area contributed by atoms with Gasteiger partial charge in [-0.1, -0.05) is 25.1 Å². The van der Waals surface area contributed by atoms with Crippen LogP contribution in [0.25, 0.3) is 15.9 Å². The normalized spacial score (nSPS) is 11.9. The van der Waals surface area contributed by atoms with Gasteiger partial charge < -0.3 is 15.2 Å². The maximum atomic E-state index is 12.8. The number of carbonyl (C=O) groups excluding carboxylic acids is 1. The standard InChI is InChI=1S/C23H21N3O4S/c1-3-19(23(28)29)30-17-11-9-15(10-12-17)24-21(27)20-13-18-14(2)25-26(22(18)31-20)16-7-5-4-6-8-16/h4-13,19H,3H2,1-2H3,(H,24,27)(H,28,29). The Balaban J connectivity index is 1.52. The molecule has 0 aliphatic heterocycles. The van der Waals surface area contributed by atoms with E-state index in [9.17, 15) is 9.59 Å². The van der Waals surface area contributed by atoms with Crippen molar-refractivity contribution in [1.29, 1.82) is 0 Å². The average Bonchev–Trinajstić information content (AvgIpc) is 3.34. The Bertz CT molecular complexity index is 1230. The minimum absolute atomic E-state index is 0.217. The van der Waals surface area contributed by atoms with Gasteiger partial charge in [-0.3, -0.25) is 4.79 Å². The minimum Gasteiger partial charge on any atom is -0.479 e. The van der Waals surface area contributed by atoms with Gasteiger partial charge in [0, 0.05) is 11.1 Å². The van der Waals surface area contributed by atoms with Crippen LogP contribution < -0.4 is 10.1 Å². The number of benzene rings is 2. The SMILES string of the molecule is CCC(Oc1ccc(NC(=O)c2cc3c(C)nn(-c4ccccc4)c3s2)cc1)C(=O)O. The van der Waals surface area contributed by atoms with Crippen LogP contribution >= 0.6 is 11.3 Å². The van der Waals surface area contributed by atoms with Crippen LogP contribution in [-0.4, -0.2) is 32.9 Å². The second-order valence-electron chi connectivity index (χ2n) is 6.99. The molecule has 2 N–H and O–H groups in total. The predicted octanol–water partition coefficient (Wildman–Crippen LogP) is 4.89. The predicted molar refractivity (Wildman–Crippen MR) is 120 cm³/mol. The molecule has 31 heavy (non-hydrogen) atoms. The number of nitrogens with zero attached hydrogens (tertiary/aromatic N) is 2. The number of ether oxygens (including phenoxy) is 1. The van der Waals surface area contributed by atoms with Crippen molar-refractivity contribution in [2.24, 2.45) is 0 Å². The molecule has 2 heterocycles. The second-order valence-corrected chi connectivity index (χ2v) is 8.02. The molecule has 1 atom stereocenters. The number of amides is 1. The number of carboxylic acids is 1. The molecule has 0 spiro atoms. The van der Waals surface area contributed by atoms with E-state index in [1.807, 2.05) is 48.0 Å². The summed E-state index contributed by atoms with van der Waals surface area (Å²) in [5, 5.41) is 17.5. The monoisotopic (exact) mass is 435 g/mol. The number of hydrogen-bond acceptors (Lipinski definition) is 5. The number of thiophene rings is 1. The molecule has 0 saturated carbocycles. The van der Waals surface area contributed by atoms with E-state index in [0.29, 0.717) is 22.7 Å². The zero-order valence-corrected chi connectivity index (χ0v) is 17.8. The smallest absolute Gasteiger partial charge is 0.344 e. The van der Waals surface area contributed by atoms with Crippen LogP contribution in [-0.2, 0) is 4.79 Å². The Hall–Kier alpha value is -3.65. The Kier molecular flexibility index (Phi) is 5.73. The van der Waals surface area contributed by atoms with E-state index in [1.165, 1.54) is 11.3 Å². The van der Waals surface area contributed by atoms with E-state index in [2.05, 4.69) is 10.4 Å². The summed E-state index contributed by atoms with van der Waals surface area (Å²) in [6.07, 6.45) is -0.536. The molecule has 8 heteroatoms. The molecular weight excluding hydrogens is 414 g/mol. The molecule has 0 saturated heterocycles. The van der Waals surface area contributed by atoms with Gasteiger partial charge in [0.25, 0.3) is 5.91 Å². The molecule has 1 amide bonds. The van der Waals surface area contributed by atoms with E-state index < -0.39 is 12.1 Å². The van der Waals surface area contributed by atoms with Crippen LogP contribution in [0.3, 0.4) is 0 Å². The first-order chi connectivity index (χ1) is 15.0. The first kappa shape index (κ1) is 20.6. The number of para-hydroxylation sites is 1. The highest BCUT2D eigenvalue weighted by molar-refractivity contribution is 7.20. The molecule has 1 unspecified atom stereocenters. The third-order valence-electron chi connectivity index (χ3n) is 4.81. The number of aryl methyl sites for hydroxylation is 1. The summed E-state index contributed by atoms with van der Waals surface area (Å²) in [4.78, 5) is 25.4. The van der Waals surface area contributed by atoms with Gasteiger partial charge in [0.2, 0.25) is 0 Å². The fourth-order valence-corrected chi connectivity index (χ4v) is 4.26. The van der Waals surface area contributed by atoms with Crippen molar-refractivity contribution in [3.8, 4) is 11.4 Å². The molecule has 0 bridgehead atoms. The largest absolute Gasteiger partial charge is 0.479 e. The third-order valence-corrected chi connectivity index (χ3v) is 5.92. The van der Waals surface area contributed by atoms with Crippen molar-refractivity contribution in [2.45, 2.75) is 26.4 Å². The van der Waals surface area contributed by atoms with Crippen molar-refractivity contribution < 1.29 is 19.4 Å². The highest BCUT2D eigenvalue weighted by atomic mass is 32.1. The van der Waals surface area contributed by atoms with E-state index in [-0.39, 0.29) is 5.91 Å². The van der Waals surface area contributed by atoms with Gasteiger partial charge in [-0.2, -0.15) is 5.10 Å². The van der Waals surface area contributed by atoms with Crippen LogP contribution in [0.15, 0.2) is 60.7 Å². The van der Waals surface area contributed by atoms with Gasteiger partial charge in [0.15, 0.2) is 6.10 Å². The molecule has 0 aliphatic rings. The van der Waals surface area contributed by atoms with E-state index in [0.717, 1.165) is 21.6 Å². The Morgan fingerprint density at radius 2 is 1.87 bits per heavy atom. The zero-order chi connectivity index (χ0) is 22.0. The lowest BCUT2D eigenvalue weighted by Crippen LogP contribution is -2.25. The highest BCUT2D eigenvalue weighted by Gasteiger charge is 2.18. The van der Waals surface area contributed by atoms with Gasteiger partial charge >= 0.3 is 5.97 Å². The lowest BCUT2D eigenvalue weighted by Gasteiger charge is -2.13. The summed E-state index contributed by atoms with van der Waals surface area (Å²) in [5.74, 6) is -0.785. The molecule has 2 aromatic heterocycles. The summed E-state index contributed by atoms with van der Waals surface area (Å²) in [6, 6.07) is 18.3. The average molecular weight is 436 g/mol. The molecule has 2 aromatic carbocycles. The van der Waals surface area contributed by atoms with Crippen LogP contribution in [0.5, 0.6) is 5.75 Å². The number of carboxylic acid groups (broad SMARTS) is 1. The van der Waals surface area contributed by atoms with Gasteiger partial charge in [-0.15, -0.1) is 11.3 Å². The molecular formula is C23H21N3O4S. The first-order valence-corrected chi connectivity index (χ1v) is 10.6. The van der Waals surface area contributed by atoms with Gasteiger partial charge in [-0.05, 0) is 55.8 Å². The van der Waals surface area contributed by atoms with E-state index in [4.69, 9.17) is 9.84 Å². The first-order valence-electron chi connectivity index (χ1n) is 9.81. The summed E-state index contributed by atoms with van der Waals surface area (Å²) < 4.78 is 7.30. The molecule has 4 aromatic rings. The number of rotatable bonds is 7. The number of hydrogen-bond donors (Lipinski definition) is 2. The second kappa shape index (κ2) is 8.61. The molecule has 158 valence electrons. The lowest BCUT2D eigenvalue weighted by atomic mass is 10.2. The molecule has 0 fully saturated rings. The summed E-state index contributed by atoms with van der Waals surface area (Å²) in [5.41, 5.74) is 2.40. The van der Waals surface area contributed by atoms with Crippen molar-refractivity contribution in [3.05, 3.63) is 71.2 Å². The van der Waals surface area contributed by atoms with Crippen LogP contribution in [0.2, 0.25) is 0 Å². The molecule has 0 radical (unpaired) electrons. The van der Waals surface area contributed by atoms with Crippen LogP contribution in [0, 0.1) is 6.92 Å². The van der Waals surface area contributed by atoms with E-state index >= 15 is 0 Å². The Labute approximate surface area is 182 Å². The summed E-state index contributed by atoms with van der Waals surface area (Å²) in [6.45, 7) is 3.67. The quantitative estimate of drug-likeness (QED) is 0.431. The van der Waals surface area contributed by atoms with Crippen molar-refractivity contribution in [3.63, 3.8) is 0 Å². The number of carbonyl (C=O) groups is 2. The number of nitrogens with one attached hydrogen (secondary N) is 1. The van der Waals surface area contributed by atoms with Crippen LogP contribution in [0.1, 0.15) is 28.7 Å². The van der Waals surface area contributed by atoms with Crippen molar-refractivity contribution in [2.75, 3.05) is 5.32 Å². The number of anilines is 1. The lowest BCUT2D eigenvalue weighted by molar-refractivity contribution is -0.145. The maximum absolute atomic E-state index is 12.8. The van der Waals surface area contributed by atoms with Crippen molar-refractivity contribution in [1.82, 2.24) is 9.78 Å². The number of aliphatic carboxylic acids is 1. The highest BCUT2D eigenvalue weighted by Crippen LogP contribution is 2.31. The summed E-state index contributed by atoms with van der Waals surface area (Å²) >= 11 is 1.38. The Morgan fingerprint density at radius 3 is 2.52 bits per heavy atom. The molecule has 7 nitrogen and oxygen atoms in total. The van der Waals surface area contributed by atoms with Gasteiger partial charge in [0.05, 0.1) is 16.3 Å². The topological polar surface area (TPSA) is 93.5 Å². The number of aromatic nitrogens is 2. The fraction of sp³-hybridized carbons (Fsp3) is 0.174. The molecule has 0 aliphatic carbocycles. The zero-order valence-electron chi connectivity index (χ0n) is 17.0. The fourth-order valence-electron chi connectivity index (χ4n) is 3.19. The summed E-state index contributed by atoms with van der Waals surface area (Å²) in [7, 11) is 0. The minimum atomic E-state index is -1.01. The van der Waals surface area contributed by atoms with E-state index in [1.54, 1.807) is 31.2 Å². The molecule has 4 rings (SSSR count). The maximum Gasteiger partial charge on any atom is 0.344 e. The van der Waals surface area contributed by atoms with Crippen molar-refractivity contribution >= 4 is 39.1 Å². The Morgan fingerprint density at radius 1 is 1.16 bits per heavy atom. The van der Waals surface area contributed by atoms with Gasteiger partial charge in [-0.25, -0.2) is 9.48 Å². The number of fused-ring (bicyclic) bond motifs is 1. The van der Waals surface area contributed by atoms with Crippen LogP contribution in [0.4, 0.5) is 5.69 Å².